The van der Waals surface area contributed by atoms with Gasteiger partial charge in [-0.15, -0.1) is 0 Å². The van der Waals surface area contributed by atoms with Crippen LogP contribution in [0, 0.1) is 5.92 Å². The molecule has 0 aliphatic carbocycles. The molecule has 1 N–H and O–H groups in total. The summed E-state index contributed by atoms with van der Waals surface area (Å²) in [5.74, 6) is 1.63. The first kappa shape index (κ1) is 23.4. The van der Waals surface area contributed by atoms with Crippen molar-refractivity contribution in [1.29, 1.82) is 0 Å². The largest absolute Gasteiger partial charge is 0.379 e. The maximum Gasteiger partial charge on any atom is 0.194 e. The van der Waals surface area contributed by atoms with E-state index in [9.17, 15) is 8.42 Å². The van der Waals surface area contributed by atoms with Gasteiger partial charge in [0.1, 0.15) is 0 Å². The lowest BCUT2D eigenvalue weighted by molar-refractivity contribution is 0.00390. The molecule has 0 aromatic carbocycles. The SMILES string of the molecule is CCNC(=NCC(C(CC)CC)N1CCOCC1)N1CCS(=O)(=O)C(C)(C)C1. The lowest BCUT2D eigenvalue weighted by Gasteiger charge is -2.40. The van der Waals surface area contributed by atoms with Gasteiger partial charge in [-0.25, -0.2) is 8.42 Å². The van der Waals surface area contributed by atoms with Gasteiger partial charge in [-0.3, -0.25) is 9.89 Å². The van der Waals surface area contributed by atoms with Crippen molar-refractivity contribution in [3.63, 3.8) is 0 Å². The third kappa shape index (κ3) is 5.60. The van der Waals surface area contributed by atoms with Crippen LogP contribution in [0.4, 0.5) is 0 Å². The van der Waals surface area contributed by atoms with E-state index in [0.29, 0.717) is 25.0 Å². The normalized spacial score (nSPS) is 24.4. The van der Waals surface area contributed by atoms with Gasteiger partial charge in [-0.2, -0.15) is 0 Å². The molecule has 164 valence electrons. The fourth-order valence-corrected chi connectivity index (χ4v) is 5.60. The molecule has 2 heterocycles. The molecule has 2 rings (SSSR count). The van der Waals surface area contributed by atoms with E-state index in [-0.39, 0.29) is 5.75 Å². The molecule has 2 aliphatic heterocycles. The third-order valence-corrected chi connectivity index (χ3v) is 8.75. The molecule has 0 bridgehead atoms. The minimum Gasteiger partial charge on any atom is -0.379 e. The smallest absolute Gasteiger partial charge is 0.194 e. The van der Waals surface area contributed by atoms with Crippen molar-refractivity contribution in [3.8, 4) is 0 Å². The van der Waals surface area contributed by atoms with E-state index >= 15 is 0 Å². The van der Waals surface area contributed by atoms with Gasteiger partial charge in [0.2, 0.25) is 0 Å². The Balaban J connectivity index is 2.18. The van der Waals surface area contributed by atoms with Crippen LogP contribution in [0.3, 0.4) is 0 Å². The number of nitrogens with zero attached hydrogens (tertiary/aromatic N) is 3. The molecule has 0 amide bonds. The molecule has 2 fully saturated rings. The summed E-state index contributed by atoms with van der Waals surface area (Å²) in [6.07, 6.45) is 2.28. The Labute approximate surface area is 171 Å². The zero-order valence-electron chi connectivity index (χ0n) is 18.4. The van der Waals surface area contributed by atoms with Gasteiger partial charge in [0.05, 0.1) is 30.3 Å². The molecule has 28 heavy (non-hydrogen) atoms. The molecule has 7 nitrogen and oxygen atoms in total. The van der Waals surface area contributed by atoms with Crippen molar-refractivity contribution in [2.45, 2.75) is 58.2 Å². The topological polar surface area (TPSA) is 74.2 Å². The summed E-state index contributed by atoms with van der Waals surface area (Å²) in [6.45, 7) is 16.2. The number of sulfone groups is 1. The van der Waals surface area contributed by atoms with Gasteiger partial charge in [0.15, 0.2) is 15.8 Å². The predicted octanol–water partition coefficient (Wildman–Crippen LogP) is 1.60. The number of hydrogen-bond acceptors (Lipinski definition) is 5. The Morgan fingerprint density at radius 3 is 2.32 bits per heavy atom. The molecule has 0 spiro atoms. The second kappa shape index (κ2) is 10.3. The van der Waals surface area contributed by atoms with Crippen molar-refractivity contribution in [2.75, 3.05) is 58.2 Å². The summed E-state index contributed by atoms with van der Waals surface area (Å²) in [5, 5.41) is 3.39. The molecule has 0 radical (unpaired) electrons. The summed E-state index contributed by atoms with van der Waals surface area (Å²) in [5.41, 5.74) is 0. The average Bonchev–Trinajstić information content (AvgIpc) is 2.67. The first-order valence-corrected chi connectivity index (χ1v) is 12.5. The van der Waals surface area contributed by atoms with Crippen molar-refractivity contribution in [3.05, 3.63) is 0 Å². The second-order valence-corrected chi connectivity index (χ2v) is 11.2. The minimum atomic E-state index is -3.06. The highest BCUT2D eigenvalue weighted by Crippen LogP contribution is 2.24. The summed E-state index contributed by atoms with van der Waals surface area (Å²) in [4.78, 5) is 9.64. The van der Waals surface area contributed by atoms with Crippen molar-refractivity contribution < 1.29 is 13.2 Å². The van der Waals surface area contributed by atoms with E-state index < -0.39 is 14.6 Å². The van der Waals surface area contributed by atoms with Crippen molar-refractivity contribution in [1.82, 2.24) is 15.1 Å². The summed E-state index contributed by atoms with van der Waals surface area (Å²) in [6, 6.07) is 0.397. The number of aliphatic imine (C=N–C) groups is 1. The number of ether oxygens (including phenoxy) is 1. The van der Waals surface area contributed by atoms with Gasteiger partial charge >= 0.3 is 0 Å². The summed E-state index contributed by atoms with van der Waals surface area (Å²) >= 11 is 0. The molecular weight excluding hydrogens is 376 g/mol. The fraction of sp³-hybridized carbons (Fsp3) is 0.950. The van der Waals surface area contributed by atoms with Crippen LogP contribution in [0.1, 0.15) is 47.5 Å². The fourth-order valence-electron chi connectivity index (χ4n) is 4.23. The standard InChI is InChI=1S/C20H40N4O3S/c1-6-17(7-2)18(23-9-12-27-13-10-23)15-22-19(21-8-3)24-11-14-28(25,26)20(4,5)16-24/h17-18H,6-16H2,1-5H3,(H,21,22). The third-order valence-electron chi connectivity index (χ3n) is 6.21. The molecule has 8 heteroatoms. The van der Waals surface area contributed by atoms with E-state index in [1.165, 1.54) is 0 Å². The molecule has 0 aromatic rings. The highest BCUT2D eigenvalue weighted by atomic mass is 32.2. The monoisotopic (exact) mass is 416 g/mol. The van der Waals surface area contributed by atoms with Crippen LogP contribution < -0.4 is 5.32 Å². The molecule has 1 unspecified atom stereocenters. The Kier molecular flexibility index (Phi) is 8.58. The van der Waals surface area contributed by atoms with Crippen LogP contribution in [0.15, 0.2) is 4.99 Å². The van der Waals surface area contributed by atoms with Crippen LogP contribution in [-0.2, 0) is 14.6 Å². The molecule has 2 saturated heterocycles. The van der Waals surface area contributed by atoms with Crippen LogP contribution >= 0.6 is 0 Å². The Hall–Kier alpha value is -0.860. The zero-order chi connectivity index (χ0) is 20.8. The highest BCUT2D eigenvalue weighted by Gasteiger charge is 2.41. The van der Waals surface area contributed by atoms with Gasteiger partial charge < -0.3 is 15.0 Å². The molecule has 0 saturated carbocycles. The Morgan fingerprint density at radius 1 is 1.14 bits per heavy atom. The maximum atomic E-state index is 12.4. The van der Waals surface area contributed by atoms with Crippen molar-refractivity contribution >= 4 is 15.8 Å². The lowest BCUT2D eigenvalue weighted by Crippen LogP contribution is -2.57. The summed E-state index contributed by atoms with van der Waals surface area (Å²) < 4.78 is 29.5. The Morgan fingerprint density at radius 2 is 1.79 bits per heavy atom. The number of nitrogens with one attached hydrogen (secondary N) is 1. The first-order chi connectivity index (χ1) is 13.3. The van der Waals surface area contributed by atoms with Crippen LogP contribution in [0.2, 0.25) is 0 Å². The first-order valence-electron chi connectivity index (χ1n) is 10.8. The molecule has 2 aliphatic rings. The molecule has 0 aromatic heterocycles. The van der Waals surface area contributed by atoms with Crippen LogP contribution in [0.25, 0.3) is 0 Å². The number of morpholine rings is 1. The highest BCUT2D eigenvalue weighted by molar-refractivity contribution is 7.92. The number of guanidine groups is 1. The van der Waals surface area contributed by atoms with Crippen LogP contribution in [-0.4, -0.2) is 93.2 Å². The van der Waals surface area contributed by atoms with E-state index in [1.54, 1.807) is 0 Å². The van der Waals surface area contributed by atoms with E-state index in [1.807, 2.05) is 13.8 Å². The molecular formula is C20H40N4O3S. The second-order valence-electron chi connectivity index (χ2n) is 8.49. The zero-order valence-corrected chi connectivity index (χ0v) is 19.2. The lowest BCUT2D eigenvalue weighted by atomic mass is 9.92. The average molecular weight is 417 g/mol. The minimum absolute atomic E-state index is 0.184. The predicted molar refractivity (Wildman–Crippen MR) is 116 cm³/mol. The van der Waals surface area contributed by atoms with Gasteiger partial charge in [0, 0.05) is 38.8 Å². The van der Waals surface area contributed by atoms with Gasteiger partial charge in [-0.1, -0.05) is 26.7 Å². The quantitative estimate of drug-likeness (QED) is 0.502. The van der Waals surface area contributed by atoms with Crippen LogP contribution in [0.5, 0.6) is 0 Å². The maximum absolute atomic E-state index is 12.4. The molecule has 1 atom stereocenters. The van der Waals surface area contributed by atoms with Gasteiger partial charge in [-0.05, 0) is 26.7 Å². The van der Waals surface area contributed by atoms with E-state index in [2.05, 4.69) is 35.9 Å². The number of rotatable bonds is 7. The van der Waals surface area contributed by atoms with E-state index in [4.69, 9.17) is 9.73 Å². The Bertz CT molecular complexity index is 611. The van der Waals surface area contributed by atoms with Gasteiger partial charge in [0.25, 0.3) is 0 Å². The van der Waals surface area contributed by atoms with Crippen molar-refractivity contribution in [2.24, 2.45) is 10.9 Å². The summed E-state index contributed by atoms with van der Waals surface area (Å²) in [7, 11) is -3.06. The van der Waals surface area contributed by atoms with E-state index in [0.717, 1.165) is 58.2 Å². The number of hydrogen-bond donors (Lipinski definition) is 1.